The minimum atomic E-state index is -0.116. The summed E-state index contributed by atoms with van der Waals surface area (Å²) in [5.41, 5.74) is 3.70. The summed E-state index contributed by atoms with van der Waals surface area (Å²) < 4.78 is 8.49. The Labute approximate surface area is 150 Å². The van der Waals surface area contributed by atoms with Crippen molar-refractivity contribution in [3.8, 4) is 5.69 Å². The van der Waals surface area contributed by atoms with Gasteiger partial charge in [0.25, 0.3) is 0 Å². The van der Waals surface area contributed by atoms with Crippen molar-refractivity contribution in [2.75, 3.05) is 26.2 Å². The summed E-state index contributed by atoms with van der Waals surface area (Å²) in [6.07, 6.45) is 6.45. The molecule has 0 aliphatic carbocycles. The van der Waals surface area contributed by atoms with Gasteiger partial charge in [0, 0.05) is 25.1 Å². The third-order valence-corrected chi connectivity index (χ3v) is 5.76. The van der Waals surface area contributed by atoms with Crippen LogP contribution < -0.4 is 0 Å². The van der Waals surface area contributed by atoms with E-state index in [0.29, 0.717) is 0 Å². The van der Waals surface area contributed by atoms with Crippen LogP contribution >= 0.6 is 0 Å². The Morgan fingerprint density at radius 2 is 1.92 bits per heavy atom. The molecule has 1 fully saturated rings. The molecular formula is C21H29N3O. The molecule has 0 amide bonds. The molecule has 134 valence electrons. The van der Waals surface area contributed by atoms with E-state index in [4.69, 9.17) is 9.84 Å². The number of likely N-dealkylation sites (tertiary alicyclic amines) is 1. The summed E-state index contributed by atoms with van der Waals surface area (Å²) in [5, 5.41) is 4.72. The number of hydrogen-bond donors (Lipinski definition) is 0. The topological polar surface area (TPSA) is 30.3 Å². The van der Waals surface area contributed by atoms with E-state index >= 15 is 0 Å². The average Bonchev–Trinajstić information content (AvgIpc) is 3.08. The summed E-state index contributed by atoms with van der Waals surface area (Å²) in [6, 6.07) is 10.5. The van der Waals surface area contributed by atoms with Gasteiger partial charge in [0.2, 0.25) is 0 Å². The lowest BCUT2D eigenvalue weighted by molar-refractivity contribution is -0.0985. The Hall–Kier alpha value is -1.65. The fourth-order valence-corrected chi connectivity index (χ4v) is 4.20. The van der Waals surface area contributed by atoms with E-state index in [-0.39, 0.29) is 5.60 Å². The van der Waals surface area contributed by atoms with Crippen LogP contribution in [0.4, 0.5) is 0 Å². The molecular weight excluding hydrogens is 310 g/mol. The third kappa shape index (κ3) is 3.25. The fraction of sp³-hybridized carbons (Fsp3) is 0.571. The van der Waals surface area contributed by atoms with Crippen molar-refractivity contribution in [1.82, 2.24) is 14.7 Å². The molecule has 3 heterocycles. The lowest BCUT2D eigenvalue weighted by Gasteiger charge is -2.44. The first kappa shape index (κ1) is 16.8. The van der Waals surface area contributed by atoms with Crippen molar-refractivity contribution >= 4 is 0 Å². The number of ether oxygens (including phenoxy) is 1. The molecule has 1 aromatic heterocycles. The van der Waals surface area contributed by atoms with Crippen molar-refractivity contribution in [2.45, 2.75) is 45.1 Å². The average molecular weight is 339 g/mol. The standard InChI is InChI=1S/C21H29N3O/c1-17(2)8-12-23-13-10-21(11-14-23)19-16-22-24(20(19)9-15-25-21)18-6-4-3-5-7-18/h3-7,16-17H,8-15H2,1-2H3. The van der Waals surface area contributed by atoms with Crippen LogP contribution in [-0.4, -0.2) is 40.9 Å². The lowest BCUT2D eigenvalue weighted by Crippen LogP contribution is -2.46. The normalized spacial score (nSPS) is 20.1. The molecule has 2 aliphatic heterocycles. The van der Waals surface area contributed by atoms with Crippen molar-refractivity contribution < 1.29 is 4.74 Å². The van der Waals surface area contributed by atoms with Crippen LogP contribution in [0.15, 0.2) is 36.5 Å². The maximum atomic E-state index is 6.38. The molecule has 0 unspecified atom stereocenters. The number of para-hydroxylation sites is 1. The minimum absolute atomic E-state index is 0.116. The van der Waals surface area contributed by atoms with Gasteiger partial charge in [-0.1, -0.05) is 32.0 Å². The van der Waals surface area contributed by atoms with Gasteiger partial charge in [0.05, 0.1) is 29.8 Å². The second-order valence-corrected chi connectivity index (χ2v) is 7.87. The van der Waals surface area contributed by atoms with Gasteiger partial charge in [-0.05, 0) is 43.9 Å². The van der Waals surface area contributed by atoms with Gasteiger partial charge in [0.1, 0.15) is 0 Å². The molecule has 0 N–H and O–H groups in total. The Bertz CT molecular complexity index is 699. The number of rotatable bonds is 4. The van der Waals surface area contributed by atoms with Gasteiger partial charge < -0.3 is 9.64 Å². The Morgan fingerprint density at radius 1 is 1.16 bits per heavy atom. The fourth-order valence-electron chi connectivity index (χ4n) is 4.20. The molecule has 0 atom stereocenters. The van der Waals surface area contributed by atoms with E-state index in [9.17, 15) is 0 Å². The SMILES string of the molecule is CC(C)CCN1CCC2(CC1)OCCc1c2cnn1-c1ccccc1. The molecule has 4 rings (SSSR count). The first-order valence-electron chi connectivity index (χ1n) is 9.67. The Morgan fingerprint density at radius 3 is 2.64 bits per heavy atom. The molecule has 1 spiro atoms. The number of aromatic nitrogens is 2. The number of benzene rings is 1. The van der Waals surface area contributed by atoms with Gasteiger partial charge in [-0.15, -0.1) is 0 Å². The molecule has 0 bridgehead atoms. The van der Waals surface area contributed by atoms with Gasteiger partial charge in [-0.25, -0.2) is 4.68 Å². The molecule has 0 radical (unpaired) electrons. The predicted octanol–water partition coefficient (Wildman–Crippen LogP) is 3.78. The summed E-state index contributed by atoms with van der Waals surface area (Å²) in [4.78, 5) is 2.60. The highest BCUT2D eigenvalue weighted by molar-refractivity contribution is 5.38. The van der Waals surface area contributed by atoms with Crippen LogP contribution in [0.3, 0.4) is 0 Å². The highest BCUT2D eigenvalue weighted by atomic mass is 16.5. The van der Waals surface area contributed by atoms with Gasteiger partial charge in [-0.3, -0.25) is 0 Å². The van der Waals surface area contributed by atoms with E-state index in [1.807, 2.05) is 0 Å². The second-order valence-electron chi connectivity index (χ2n) is 7.87. The maximum absolute atomic E-state index is 6.38. The third-order valence-electron chi connectivity index (χ3n) is 5.76. The molecule has 0 saturated carbocycles. The zero-order chi connectivity index (χ0) is 17.3. The molecule has 4 nitrogen and oxygen atoms in total. The van der Waals surface area contributed by atoms with Crippen molar-refractivity contribution in [1.29, 1.82) is 0 Å². The van der Waals surface area contributed by atoms with Crippen molar-refractivity contribution in [2.24, 2.45) is 5.92 Å². The van der Waals surface area contributed by atoms with E-state index < -0.39 is 0 Å². The first-order chi connectivity index (χ1) is 12.2. The molecule has 25 heavy (non-hydrogen) atoms. The van der Waals surface area contributed by atoms with Crippen LogP contribution in [0.5, 0.6) is 0 Å². The van der Waals surface area contributed by atoms with E-state index in [1.165, 1.54) is 24.2 Å². The summed E-state index contributed by atoms with van der Waals surface area (Å²) in [7, 11) is 0. The Kier molecular flexibility index (Phi) is 4.65. The van der Waals surface area contributed by atoms with Crippen LogP contribution in [-0.2, 0) is 16.8 Å². The first-order valence-corrected chi connectivity index (χ1v) is 9.67. The van der Waals surface area contributed by atoms with Crippen LogP contribution in [0, 0.1) is 5.92 Å². The Balaban J connectivity index is 1.54. The summed E-state index contributed by atoms with van der Waals surface area (Å²) in [6.45, 7) is 8.88. The molecule has 2 aliphatic rings. The van der Waals surface area contributed by atoms with Crippen LogP contribution in [0.1, 0.15) is 44.4 Å². The van der Waals surface area contributed by atoms with Crippen LogP contribution in [0.2, 0.25) is 0 Å². The molecule has 1 aromatic carbocycles. The lowest BCUT2D eigenvalue weighted by atomic mass is 9.82. The maximum Gasteiger partial charge on any atom is 0.0989 e. The van der Waals surface area contributed by atoms with E-state index in [0.717, 1.165) is 50.6 Å². The number of nitrogens with zero attached hydrogens (tertiary/aromatic N) is 3. The quantitative estimate of drug-likeness (QED) is 0.849. The molecule has 1 saturated heterocycles. The molecule has 4 heteroatoms. The summed E-state index contributed by atoms with van der Waals surface area (Å²) in [5.74, 6) is 0.775. The zero-order valence-corrected chi connectivity index (χ0v) is 15.4. The number of piperidine rings is 1. The largest absolute Gasteiger partial charge is 0.370 e. The van der Waals surface area contributed by atoms with Crippen molar-refractivity contribution in [3.05, 3.63) is 47.8 Å². The highest BCUT2D eigenvalue weighted by Gasteiger charge is 2.42. The van der Waals surface area contributed by atoms with Gasteiger partial charge in [-0.2, -0.15) is 5.10 Å². The number of fused-ring (bicyclic) bond motifs is 2. The minimum Gasteiger partial charge on any atom is -0.370 e. The van der Waals surface area contributed by atoms with Crippen molar-refractivity contribution in [3.63, 3.8) is 0 Å². The van der Waals surface area contributed by atoms with Gasteiger partial charge >= 0.3 is 0 Å². The monoisotopic (exact) mass is 339 g/mol. The predicted molar refractivity (Wildman–Crippen MR) is 100 cm³/mol. The number of hydrogen-bond acceptors (Lipinski definition) is 3. The highest BCUT2D eigenvalue weighted by Crippen LogP contribution is 2.42. The van der Waals surface area contributed by atoms with Gasteiger partial charge in [0.15, 0.2) is 0 Å². The smallest absolute Gasteiger partial charge is 0.0989 e. The zero-order valence-electron chi connectivity index (χ0n) is 15.4. The molecule has 2 aromatic rings. The second kappa shape index (κ2) is 6.93. The van der Waals surface area contributed by atoms with E-state index in [2.05, 4.69) is 60.0 Å². The van der Waals surface area contributed by atoms with E-state index in [1.54, 1.807) is 0 Å². The summed E-state index contributed by atoms with van der Waals surface area (Å²) >= 11 is 0. The van der Waals surface area contributed by atoms with Crippen LogP contribution in [0.25, 0.3) is 5.69 Å².